The van der Waals surface area contributed by atoms with Crippen LogP contribution in [-0.2, 0) is 23.5 Å². The molecule has 5 atom stereocenters. The van der Waals surface area contributed by atoms with Crippen molar-refractivity contribution < 1.29 is 23.5 Å². The third-order valence-corrected chi connectivity index (χ3v) is 11.1. The SMILES string of the molecule is CC(=O)O[C@H]1C(=O)[C@@H]2C[C@H](OC(C)(C)C)[C@@]1(C)C[C@@H]2O[Si](C)(C)C(C)(C)C. The first-order valence-electron chi connectivity index (χ1n) is 10.0. The zero-order valence-corrected chi connectivity index (χ0v) is 19.8. The first-order chi connectivity index (χ1) is 12.0. The maximum atomic E-state index is 13.2. The van der Waals surface area contributed by atoms with Gasteiger partial charge in [0.15, 0.2) is 20.2 Å². The van der Waals surface area contributed by atoms with E-state index >= 15 is 0 Å². The molecule has 5 nitrogen and oxygen atoms in total. The minimum Gasteiger partial charge on any atom is -0.454 e. The van der Waals surface area contributed by atoms with Crippen LogP contribution in [0.5, 0.6) is 0 Å². The lowest BCUT2D eigenvalue weighted by atomic mass is 9.56. The zero-order chi connectivity index (χ0) is 21.0. The fourth-order valence-corrected chi connectivity index (χ4v) is 5.46. The third kappa shape index (κ3) is 4.48. The molecule has 0 amide bonds. The van der Waals surface area contributed by atoms with Crippen molar-refractivity contribution in [2.24, 2.45) is 11.3 Å². The molecule has 0 aliphatic heterocycles. The van der Waals surface area contributed by atoms with Crippen molar-refractivity contribution in [2.75, 3.05) is 0 Å². The highest BCUT2D eigenvalue weighted by molar-refractivity contribution is 6.74. The molecular weight excluding hydrogens is 360 g/mol. The van der Waals surface area contributed by atoms with Gasteiger partial charge in [0.25, 0.3) is 0 Å². The Labute approximate surface area is 165 Å². The summed E-state index contributed by atoms with van der Waals surface area (Å²) in [5.41, 5.74) is -0.900. The average Bonchev–Trinajstić information content (AvgIpc) is 2.42. The summed E-state index contributed by atoms with van der Waals surface area (Å²) >= 11 is 0. The number of hydrogen-bond acceptors (Lipinski definition) is 5. The summed E-state index contributed by atoms with van der Waals surface area (Å²) in [5.74, 6) is -0.701. The van der Waals surface area contributed by atoms with Gasteiger partial charge in [0, 0.05) is 18.3 Å². The molecule has 0 radical (unpaired) electrons. The summed E-state index contributed by atoms with van der Waals surface area (Å²) in [6.45, 7) is 20.5. The van der Waals surface area contributed by atoms with Crippen LogP contribution in [0.25, 0.3) is 0 Å². The lowest BCUT2D eigenvalue weighted by molar-refractivity contribution is -0.225. The Kier molecular flexibility index (Phi) is 5.81. The number of carbonyl (C=O) groups is 2. The van der Waals surface area contributed by atoms with Crippen molar-refractivity contribution in [3.8, 4) is 0 Å². The summed E-state index contributed by atoms with van der Waals surface area (Å²) in [6, 6.07) is 0. The lowest BCUT2D eigenvalue weighted by Gasteiger charge is -2.57. The molecule has 0 N–H and O–H groups in total. The van der Waals surface area contributed by atoms with Gasteiger partial charge in [-0.3, -0.25) is 9.59 Å². The van der Waals surface area contributed by atoms with Crippen molar-refractivity contribution in [2.45, 2.75) is 110 Å². The van der Waals surface area contributed by atoms with Crippen molar-refractivity contribution in [3.63, 3.8) is 0 Å². The summed E-state index contributed by atoms with van der Waals surface area (Å²) in [5, 5.41) is 0.0737. The minimum atomic E-state index is -2.02. The van der Waals surface area contributed by atoms with Gasteiger partial charge in [0.2, 0.25) is 0 Å². The van der Waals surface area contributed by atoms with Crippen LogP contribution in [-0.4, -0.2) is 44.0 Å². The molecule has 0 saturated heterocycles. The quantitative estimate of drug-likeness (QED) is 0.516. The molecule has 0 heterocycles. The van der Waals surface area contributed by atoms with Gasteiger partial charge in [0.05, 0.1) is 17.8 Å². The fourth-order valence-electron chi connectivity index (χ4n) is 4.10. The molecule has 3 aliphatic rings. The number of Topliss-reactive ketones (excluding diaryl/α,β-unsaturated/α-hetero) is 1. The molecule has 0 aromatic carbocycles. The topological polar surface area (TPSA) is 61.8 Å². The van der Waals surface area contributed by atoms with Crippen LogP contribution in [0.4, 0.5) is 0 Å². The standard InChI is InChI=1S/C21H38O5Si/c1-13(22)24-18-17(23)14-11-16(25-19(2,3)4)21(18,8)12-15(14)26-27(9,10)20(5,6)7/h14-16,18H,11-12H2,1-10H3/t14-,15+,16+,18+,21-/m1/s1. The molecule has 6 heteroatoms. The second kappa shape index (κ2) is 6.96. The van der Waals surface area contributed by atoms with Gasteiger partial charge in [-0.1, -0.05) is 27.7 Å². The van der Waals surface area contributed by atoms with Crippen LogP contribution in [0, 0.1) is 11.3 Å². The smallest absolute Gasteiger partial charge is 0.303 e. The maximum absolute atomic E-state index is 13.2. The van der Waals surface area contributed by atoms with E-state index in [9.17, 15) is 9.59 Å². The Hall–Kier alpha value is -0.723. The Morgan fingerprint density at radius 1 is 1.15 bits per heavy atom. The zero-order valence-electron chi connectivity index (χ0n) is 18.8. The molecule has 27 heavy (non-hydrogen) atoms. The van der Waals surface area contributed by atoms with Crippen LogP contribution in [0.3, 0.4) is 0 Å². The third-order valence-electron chi connectivity index (χ3n) is 6.55. The summed E-state index contributed by atoms with van der Waals surface area (Å²) in [7, 11) is -2.02. The Morgan fingerprint density at radius 3 is 2.15 bits per heavy atom. The summed E-state index contributed by atoms with van der Waals surface area (Å²) < 4.78 is 18.5. The predicted octanol–water partition coefficient (Wildman–Crippen LogP) is 4.49. The minimum absolute atomic E-state index is 0.00332. The van der Waals surface area contributed by atoms with Crippen LogP contribution < -0.4 is 0 Å². The highest BCUT2D eigenvalue weighted by Gasteiger charge is 2.63. The molecular formula is C21H38O5Si. The first kappa shape index (κ1) is 22.6. The lowest BCUT2D eigenvalue weighted by Crippen LogP contribution is -2.67. The number of fused-ring (bicyclic) bond motifs is 3. The van der Waals surface area contributed by atoms with Crippen LogP contribution >= 0.6 is 0 Å². The molecule has 3 aliphatic carbocycles. The van der Waals surface area contributed by atoms with Crippen molar-refractivity contribution in [3.05, 3.63) is 0 Å². The monoisotopic (exact) mass is 398 g/mol. The predicted molar refractivity (Wildman–Crippen MR) is 108 cm³/mol. The van der Waals surface area contributed by atoms with E-state index in [0.29, 0.717) is 12.8 Å². The number of ether oxygens (including phenoxy) is 2. The van der Waals surface area contributed by atoms with Crippen molar-refractivity contribution in [1.29, 1.82) is 0 Å². The molecule has 3 saturated carbocycles. The van der Waals surface area contributed by atoms with Crippen LogP contribution in [0.1, 0.15) is 68.2 Å². The number of ketones is 1. The second-order valence-corrected chi connectivity index (χ2v) is 15.8. The normalized spacial score (nSPS) is 34.7. The molecule has 3 rings (SSSR count). The van der Waals surface area contributed by atoms with Gasteiger partial charge in [-0.25, -0.2) is 0 Å². The largest absolute Gasteiger partial charge is 0.454 e. The van der Waals surface area contributed by atoms with Gasteiger partial charge in [0.1, 0.15) is 0 Å². The Morgan fingerprint density at radius 2 is 1.70 bits per heavy atom. The van der Waals surface area contributed by atoms with Crippen LogP contribution in [0.15, 0.2) is 0 Å². The number of carbonyl (C=O) groups excluding carboxylic acids is 2. The van der Waals surface area contributed by atoms with E-state index in [1.54, 1.807) is 0 Å². The molecule has 3 fully saturated rings. The second-order valence-electron chi connectivity index (χ2n) is 11.1. The molecule has 0 spiro atoms. The molecule has 0 unspecified atom stereocenters. The average molecular weight is 399 g/mol. The molecule has 156 valence electrons. The summed E-state index contributed by atoms with van der Waals surface area (Å²) in [6.07, 6.45) is 0.289. The van der Waals surface area contributed by atoms with Gasteiger partial charge in [-0.15, -0.1) is 0 Å². The van der Waals surface area contributed by atoms with E-state index < -0.39 is 25.8 Å². The van der Waals surface area contributed by atoms with E-state index in [2.05, 4.69) is 33.9 Å². The Balaban J connectivity index is 2.35. The highest BCUT2D eigenvalue weighted by atomic mass is 28.4. The molecule has 0 aromatic rings. The van der Waals surface area contributed by atoms with Crippen molar-refractivity contribution >= 4 is 20.1 Å². The van der Waals surface area contributed by atoms with E-state index in [4.69, 9.17) is 13.9 Å². The molecule has 0 aromatic heterocycles. The number of rotatable bonds is 4. The fraction of sp³-hybridized carbons (Fsp3) is 0.905. The number of esters is 1. The highest BCUT2D eigenvalue weighted by Crippen LogP contribution is 2.54. The van der Waals surface area contributed by atoms with Gasteiger partial charge < -0.3 is 13.9 Å². The Bertz CT molecular complexity index is 601. The maximum Gasteiger partial charge on any atom is 0.303 e. The first-order valence-corrected chi connectivity index (χ1v) is 13.0. The van der Waals surface area contributed by atoms with Gasteiger partial charge in [-0.05, 0) is 51.7 Å². The number of hydrogen-bond donors (Lipinski definition) is 0. The van der Waals surface area contributed by atoms with Gasteiger partial charge in [-0.2, -0.15) is 0 Å². The van der Waals surface area contributed by atoms with E-state index in [1.165, 1.54) is 6.92 Å². The van der Waals surface area contributed by atoms with E-state index in [-0.39, 0.29) is 34.5 Å². The van der Waals surface area contributed by atoms with E-state index in [1.807, 2.05) is 27.7 Å². The van der Waals surface area contributed by atoms with Crippen LogP contribution in [0.2, 0.25) is 18.1 Å². The summed E-state index contributed by atoms with van der Waals surface area (Å²) in [4.78, 5) is 24.9. The van der Waals surface area contributed by atoms with Gasteiger partial charge >= 0.3 is 5.97 Å². The van der Waals surface area contributed by atoms with Crippen molar-refractivity contribution in [1.82, 2.24) is 0 Å². The molecule has 2 bridgehead atoms. The van der Waals surface area contributed by atoms with E-state index in [0.717, 1.165) is 0 Å².